The first-order chi connectivity index (χ1) is 9.06. The Balaban J connectivity index is 2.03. The Morgan fingerprint density at radius 1 is 1.42 bits per heavy atom. The molecule has 1 atom stereocenters. The number of amides is 1. The monoisotopic (exact) mass is 263 g/mol. The van der Waals surface area contributed by atoms with Gasteiger partial charge in [-0.1, -0.05) is 6.07 Å². The molecule has 0 radical (unpaired) electrons. The summed E-state index contributed by atoms with van der Waals surface area (Å²) in [6.45, 7) is 1.85. The number of carbonyl (C=O) groups excluding carboxylic acids is 1. The van der Waals surface area contributed by atoms with E-state index in [0.717, 1.165) is 25.9 Å². The Morgan fingerprint density at radius 3 is 2.84 bits per heavy atom. The van der Waals surface area contributed by atoms with Gasteiger partial charge in [-0.2, -0.15) is 0 Å². The van der Waals surface area contributed by atoms with Crippen molar-refractivity contribution in [1.82, 2.24) is 15.2 Å². The molecule has 0 bridgehead atoms. The number of carboxylic acid groups (broad SMARTS) is 1. The Labute approximate surface area is 111 Å². The molecule has 1 aliphatic heterocycles. The number of carbonyl (C=O) groups is 2. The van der Waals surface area contributed by atoms with Crippen molar-refractivity contribution in [2.24, 2.45) is 0 Å². The standard InChI is InChI=1S/C13H17N3O3/c1-16-7-3-4-9(8-16)14-12(17)10-5-2-6-11(15-10)13(18)19/h2,5-6,9H,3-4,7-8H2,1H3,(H,14,17)(H,18,19). The molecule has 0 saturated carbocycles. The quantitative estimate of drug-likeness (QED) is 0.834. The third-order valence-corrected chi connectivity index (χ3v) is 3.16. The predicted octanol–water partition coefficient (Wildman–Crippen LogP) is 0.604. The first-order valence-electron chi connectivity index (χ1n) is 6.26. The van der Waals surface area contributed by atoms with Crippen LogP contribution < -0.4 is 5.32 Å². The fourth-order valence-electron chi connectivity index (χ4n) is 2.22. The van der Waals surface area contributed by atoms with Gasteiger partial charge in [-0.05, 0) is 38.6 Å². The lowest BCUT2D eigenvalue weighted by Gasteiger charge is -2.30. The Hall–Kier alpha value is -1.95. The molecule has 2 heterocycles. The van der Waals surface area contributed by atoms with Gasteiger partial charge in [-0.15, -0.1) is 0 Å². The second-order valence-electron chi connectivity index (χ2n) is 4.79. The van der Waals surface area contributed by atoms with E-state index in [2.05, 4.69) is 15.2 Å². The normalized spacial score (nSPS) is 19.9. The topological polar surface area (TPSA) is 82.5 Å². The van der Waals surface area contributed by atoms with Crippen LogP contribution in [0.1, 0.15) is 33.8 Å². The molecule has 6 heteroatoms. The van der Waals surface area contributed by atoms with Crippen LogP contribution in [0.4, 0.5) is 0 Å². The maximum atomic E-state index is 12.0. The zero-order chi connectivity index (χ0) is 13.8. The van der Waals surface area contributed by atoms with Crippen LogP contribution in [0, 0.1) is 0 Å². The van der Waals surface area contributed by atoms with Crippen molar-refractivity contribution in [3.63, 3.8) is 0 Å². The van der Waals surface area contributed by atoms with Crippen molar-refractivity contribution in [1.29, 1.82) is 0 Å². The van der Waals surface area contributed by atoms with E-state index < -0.39 is 5.97 Å². The van der Waals surface area contributed by atoms with E-state index in [0.29, 0.717) is 0 Å². The molecule has 2 rings (SSSR count). The van der Waals surface area contributed by atoms with Gasteiger partial charge in [-0.3, -0.25) is 4.79 Å². The zero-order valence-electron chi connectivity index (χ0n) is 10.8. The molecule has 0 aromatic carbocycles. The maximum absolute atomic E-state index is 12.0. The number of piperidine rings is 1. The minimum absolute atomic E-state index is 0.0986. The highest BCUT2D eigenvalue weighted by Crippen LogP contribution is 2.09. The summed E-state index contributed by atoms with van der Waals surface area (Å²) in [6, 6.07) is 4.52. The average molecular weight is 263 g/mol. The van der Waals surface area contributed by atoms with Crippen LogP contribution in [0.25, 0.3) is 0 Å². The minimum Gasteiger partial charge on any atom is -0.477 e. The van der Waals surface area contributed by atoms with Crippen LogP contribution in [-0.4, -0.2) is 53.0 Å². The summed E-state index contributed by atoms with van der Waals surface area (Å²) >= 11 is 0. The number of nitrogens with one attached hydrogen (secondary N) is 1. The molecular formula is C13H17N3O3. The lowest BCUT2D eigenvalue weighted by molar-refractivity contribution is 0.0690. The summed E-state index contributed by atoms with van der Waals surface area (Å²) in [4.78, 5) is 28.8. The van der Waals surface area contributed by atoms with Gasteiger partial charge in [0.2, 0.25) is 0 Å². The second-order valence-corrected chi connectivity index (χ2v) is 4.79. The fraction of sp³-hybridized carbons (Fsp3) is 0.462. The van der Waals surface area contributed by atoms with Gasteiger partial charge in [0.25, 0.3) is 5.91 Å². The summed E-state index contributed by atoms with van der Waals surface area (Å²) in [6.07, 6.45) is 1.98. The van der Waals surface area contributed by atoms with Gasteiger partial charge >= 0.3 is 5.97 Å². The molecule has 1 aromatic heterocycles. The van der Waals surface area contributed by atoms with Crippen molar-refractivity contribution in [2.45, 2.75) is 18.9 Å². The number of nitrogens with zero attached hydrogens (tertiary/aromatic N) is 2. The SMILES string of the molecule is CN1CCCC(NC(=O)c2cccc(C(=O)O)n2)C1. The molecule has 2 N–H and O–H groups in total. The predicted molar refractivity (Wildman–Crippen MR) is 69.2 cm³/mol. The lowest BCUT2D eigenvalue weighted by atomic mass is 10.1. The first-order valence-corrected chi connectivity index (χ1v) is 6.26. The van der Waals surface area contributed by atoms with Crippen molar-refractivity contribution in [3.8, 4) is 0 Å². The van der Waals surface area contributed by atoms with Gasteiger partial charge in [0.05, 0.1) is 0 Å². The highest BCUT2D eigenvalue weighted by molar-refractivity contribution is 5.94. The van der Waals surface area contributed by atoms with E-state index in [1.54, 1.807) is 0 Å². The highest BCUT2D eigenvalue weighted by atomic mass is 16.4. The summed E-state index contributed by atoms with van der Waals surface area (Å²) in [5.74, 6) is -1.45. The van der Waals surface area contributed by atoms with Gasteiger partial charge in [0.1, 0.15) is 11.4 Å². The zero-order valence-corrected chi connectivity index (χ0v) is 10.8. The van der Waals surface area contributed by atoms with Crippen LogP contribution in [0.15, 0.2) is 18.2 Å². The van der Waals surface area contributed by atoms with Gasteiger partial charge in [0.15, 0.2) is 0 Å². The lowest BCUT2D eigenvalue weighted by Crippen LogP contribution is -2.46. The molecule has 1 saturated heterocycles. The van der Waals surface area contributed by atoms with Crippen molar-refractivity contribution < 1.29 is 14.7 Å². The Bertz CT molecular complexity index is 490. The molecule has 1 unspecified atom stereocenters. The van der Waals surface area contributed by atoms with Crippen LogP contribution >= 0.6 is 0 Å². The third kappa shape index (κ3) is 3.51. The van der Waals surface area contributed by atoms with Crippen LogP contribution in [-0.2, 0) is 0 Å². The summed E-state index contributed by atoms with van der Waals surface area (Å²) < 4.78 is 0. The third-order valence-electron chi connectivity index (χ3n) is 3.16. The number of aromatic carboxylic acids is 1. The molecule has 1 amide bonds. The minimum atomic E-state index is -1.13. The number of likely N-dealkylation sites (tertiary alicyclic amines) is 1. The van der Waals surface area contributed by atoms with Crippen LogP contribution in [0.2, 0.25) is 0 Å². The number of carboxylic acids is 1. The molecule has 6 nitrogen and oxygen atoms in total. The molecule has 102 valence electrons. The second kappa shape index (κ2) is 5.79. The largest absolute Gasteiger partial charge is 0.477 e. The molecule has 19 heavy (non-hydrogen) atoms. The number of likely N-dealkylation sites (N-methyl/N-ethyl adjacent to an activating group) is 1. The molecule has 1 aromatic rings. The van der Waals surface area contributed by atoms with Crippen LogP contribution in [0.5, 0.6) is 0 Å². The number of rotatable bonds is 3. The average Bonchev–Trinajstić information content (AvgIpc) is 2.39. The van der Waals surface area contributed by atoms with E-state index >= 15 is 0 Å². The van der Waals surface area contributed by atoms with E-state index in [1.807, 2.05) is 7.05 Å². The molecule has 0 aliphatic carbocycles. The number of aromatic nitrogens is 1. The van der Waals surface area contributed by atoms with E-state index in [9.17, 15) is 9.59 Å². The van der Waals surface area contributed by atoms with Crippen molar-refractivity contribution in [3.05, 3.63) is 29.6 Å². The smallest absolute Gasteiger partial charge is 0.354 e. The molecule has 1 aliphatic rings. The fourth-order valence-corrected chi connectivity index (χ4v) is 2.22. The number of hydrogen-bond donors (Lipinski definition) is 2. The summed E-state index contributed by atoms with van der Waals surface area (Å²) in [5.41, 5.74) is 0.0292. The Kier molecular flexibility index (Phi) is 4.11. The van der Waals surface area contributed by atoms with Crippen molar-refractivity contribution >= 4 is 11.9 Å². The van der Waals surface area contributed by atoms with Gasteiger partial charge < -0.3 is 15.3 Å². The number of pyridine rings is 1. The van der Waals surface area contributed by atoms with E-state index in [-0.39, 0.29) is 23.3 Å². The maximum Gasteiger partial charge on any atom is 0.354 e. The van der Waals surface area contributed by atoms with Crippen molar-refractivity contribution in [2.75, 3.05) is 20.1 Å². The molecule has 0 spiro atoms. The highest BCUT2D eigenvalue weighted by Gasteiger charge is 2.20. The van der Waals surface area contributed by atoms with Crippen LogP contribution in [0.3, 0.4) is 0 Å². The molecular weight excluding hydrogens is 246 g/mol. The summed E-state index contributed by atoms with van der Waals surface area (Å²) in [5, 5.41) is 11.7. The van der Waals surface area contributed by atoms with Gasteiger partial charge in [0, 0.05) is 12.6 Å². The van der Waals surface area contributed by atoms with Gasteiger partial charge in [-0.25, -0.2) is 9.78 Å². The van der Waals surface area contributed by atoms with E-state index in [4.69, 9.17) is 5.11 Å². The first kappa shape index (κ1) is 13.5. The molecule has 1 fully saturated rings. The Morgan fingerprint density at radius 2 is 2.16 bits per heavy atom. The van der Waals surface area contributed by atoms with E-state index in [1.165, 1.54) is 18.2 Å². The summed E-state index contributed by atoms with van der Waals surface area (Å²) in [7, 11) is 2.02. The number of hydrogen-bond acceptors (Lipinski definition) is 4.